The maximum Gasteiger partial charge on any atom is 0.262 e. The number of hydrogen-bond acceptors (Lipinski definition) is 5. The third-order valence-corrected chi connectivity index (χ3v) is 5.00. The standard InChI is InChI=1S/C24H24BrN3O3/c1-17(27-21-11-13-22(30-2)14-12-21)24(29)28-26-15-19-5-3-4-6-23(19)31-16-18-7-9-20(25)10-8-18/h3-15,17,27H,16H2,1-2H3,(H,28,29)/b26-15+/t17-/m0/s1. The molecule has 7 heteroatoms. The summed E-state index contributed by atoms with van der Waals surface area (Å²) in [4.78, 5) is 12.3. The number of halogens is 1. The van der Waals surface area contributed by atoms with Gasteiger partial charge >= 0.3 is 0 Å². The lowest BCUT2D eigenvalue weighted by Crippen LogP contribution is -2.34. The van der Waals surface area contributed by atoms with Crippen LogP contribution in [0.3, 0.4) is 0 Å². The SMILES string of the molecule is COc1ccc(N[C@@H](C)C(=O)N/N=C/c2ccccc2OCc2ccc(Br)cc2)cc1. The van der Waals surface area contributed by atoms with Crippen molar-refractivity contribution in [2.24, 2.45) is 5.10 Å². The van der Waals surface area contributed by atoms with Crippen molar-refractivity contribution in [2.75, 3.05) is 12.4 Å². The second-order valence-electron chi connectivity index (χ2n) is 6.78. The van der Waals surface area contributed by atoms with Crippen molar-refractivity contribution in [3.8, 4) is 11.5 Å². The van der Waals surface area contributed by atoms with Crippen LogP contribution in [0.2, 0.25) is 0 Å². The van der Waals surface area contributed by atoms with Gasteiger partial charge in [0.05, 0.1) is 13.3 Å². The Balaban J connectivity index is 1.54. The van der Waals surface area contributed by atoms with Gasteiger partial charge in [-0.2, -0.15) is 5.10 Å². The summed E-state index contributed by atoms with van der Waals surface area (Å²) in [6.45, 7) is 2.21. The molecule has 2 N–H and O–H groups in total. The van der Waals surface area contributed by atoms with Crippen LogP contribution in [0, 0.1) is 0 Å². The zero-order valence-corrected chi connectivity index (χ0v) is 18.9. The lowest BCUT2D eigenvalue weighted by Gasteiger charge is -2.14. The van der Waals surface area contributed by atoms with Gasteiger partial charge < -0.3 is 14.8 Å². The van der Waals surface area contributed by atoms with Gasteiger partial charge in [-0.3, -0.25) is 4.79 Å². The molecule has 1 amide bonds. The molecule has 0 saturated heterocycles. The van der Waals surface area contributed by atoms with E-state index in [9.17, 15) is 4.79 Å². The maximum atomic E-state index is 12.3. The molecule has 0 aliphatic heterocycles. The average molecular weight is 482 g/mol. The minimum Gasteiger partial charge on any atom is -0.497 e. The highest BCUT2D eigenvalue weighted by Crippen LogP contribution is 2.19. The Labute approximate surface area is 190 Å². The highest BCUT2D eigenvalue weighted by molar-refractivity contribution is 9.10. The van der Waals surface area contributed by atoms with E-state index >= 15 is 0 Å². The molecule has 3 aromatic rings. The van der Waals surface area contributed by atoms with Crippen LogP contribution in [-0.4, -0.2) is 25.3 Å². The Kier molecular flexibility index (Phi) is 8.06. The molecule has 0 unspecified atom stereocenters. The number of para-hydroxylation sites is 1. The van der Waals surface area contributed by atoms with E-state index in [0.29, 0.717) is 12.4 Å². The second kappa shape index (κ2) is 11.2. The van der Waals surface area contributed by atoms with E-state index in [0.717, 1.165) is 27.0 Å². The maximum absolute atomic E-state index is 12.3. The number of hydrogen-bond donors (Lipinski definition) is 2. The monoisotopic (exact) mass is 481 g/mol. The van der Waals surface area contributed by atoms with E-state index in [1.54, 1.807) is 20.2 Å². The smallest absolute Gasteiger partial charge is 0.262 e. The summed E-state index contributed by atoms with van der Waals surface area (Å²) in [5.74, 6) is 1.20. The molecule has 31 heavy (non-hydrogen) atoms. The lowest BCUT2D eigenvalue weighted by molar-refractivity contribution is -0.121. The summed E-state index contributed by atoms with van der Waals surface area (Å²) in [7, 11) is 1.61. The summed E-state index contributed by atoms with van der Waals surface area (Å²) in [5.41, 5.74) is 5.21. The summed E-state index contributed by atoms with van der Waals surface area (Å²) in [6, 6.07) is 22.4. The highest BCUT2D eigenvalue weighted by Gasteiger charge is 2.11. The topological polar surface area (TPSA) is 72.0 Å². The van der Waals surface area contributed by atoms with Crippen LogP contribution >= 0.6 is 15.9 Å². The van der Waals surface area contributed by atoms with Crippen molar-refractivity contribution in [1.29, 1.82) is 0 Å². The van der Waals surface area contributed by atoms with Crippen molar-refractivity contribution < 1.29 is 14.3 Å². The lowest BCUT2D eigenvalue weighted by atomic mass is 10.2. The van der Waals surface area contributed by atoms with Crippen LogP contribution in [0.4, 0.5) is 5.69 Å². The minimum absolute atomic E-state index is 0.250. The zero-order valence-electron chi connectivity index (χ0n) is 17.3. The molecule has 3 aromatic carbocycles. The fourth-order valence-electron chi connectivity index (χ4n) is 2.73. The van der Waals surface area contributed by atoms with Gasteiger partial charge in [0.1, 0.15) is 24.1 Å². The first-order chi connectivity index (χ1) is 15.0. The van der Waals surface area contributed by atoms with Gasteiger partial charge in [-0.05, 0) is 61.0 Å². The Morgan fingerprint density at radius 1 is 1.06 bits per heavy atom. The van der Waals surface area contributed by atoms with E-state index in [1.807, 2.05) is 72.8 Å². The summed E-state index contributed by atoms with van der Waals surface area (Å²) < 4.78 is 12.1. The van der Waals surface area contributed by atoms with Crippen LogP contribution < -0.4 is 20.2 Å². The molecule has 3 rings (SSSR count). The zero-order chi connectivity index (χ0) is 22.1. The van der Waals surface area contributed by atoms with Gasteiger partial charge in [-0.15, -0.1) is 0 Å². The second-order valence-corrected chi connectivity index (χ2v) is 7.70. The molecule has 0 fully saturated rings. The normalized spacial score (nSPS) is 11.7. The Morgan fingerprint density at radius 2 is 1.77 bits per heavy atom. The largest absolute Gasteiger partial charge is 0.497 e. The number of benzene rings is 3. The van der Waals surface area contributed by atoms with Gasteiger partial charge in [0, 0.05) is 15.7 Å². The first-order valence-electron chi connectivity index (χ1n) is 9.75. The Morgan fingerprint density at radius 3 is 2.48 bits per heavy atom. The molecule has 0 saturated carbocycles. The summed E-state index contributed by atoms with van der Waals surface area (Å²) in [5, 5.41) is 7.21. The molecule has 0 radical (unpaired) electrons. The number of ether oxygens (including phenoxy) is 2. The molecule has 6 nitrogen and oxygen atoms in total. The van der Waals surface area contributed by atoms with Crippen molar-refractivity contribution in [1.82, 2.24) is 5.43 Å². The van der Waals surface area contributed by atoms with Gasteiger partial charge in [-0.1, -0.05) is 40.2 Å². The number of nitrogens with one attached hydrogen (secondary N) is 2. The van der Waals surface area contributed by atoms with Crippen molar-refractivity contribution in [3.63, 3.8) is 0 Å². The van der Waals surface area contributed by atoms with Crippen molar-refractivity contribution in [3.05, 3.63) is 88.4 Å². The quantitative estimate of drug-likeness (QED) is 0.333. The van der Waals surface area contributed by atoms with E-state index < -0.39 is 6.04 Å². The molecule has 0 heterocycles. The van der Waals surface area contributed by atoms with Crippen LogP contribution in [-0.2, 0) is 11.4 Å². The van der Waals surface area contributed by atoms with E-state index in [-0.39, 0.29) is 5.91 Å². The van der Waals surface area contributed by atoms with Gasteiger partial charge in [0.25, 0.3) is 5.91 Å². The van der Waals surface area contributed by atoms with Crippen LogP contribution in [0.25, 0.3) is 0 Å². The number of methoxy groups -OCH3 is 1. The third-order valence-electron chi connectivity index (χ3n) is 4.47. The Bertz CT molecular complexity index is 1020. The van der Waals surface area contributed by atoms with E-state index in [1.165, 1.54) is 0 Å². The van der Waals surface area contributed by atoms with Crippen molar-refractivity contribution >= 4 is 33.7 Å². The number of nitrogens with zero attached hydrogens (tertiary/aromatic N) is 1. The van der Waals surface area contributed by atoms with Crippen LogP contribution in [0.1, 0.15) is 18.1 Å². The van der Waals surface area contributed by atoms with Gasteiger partial charge in [0.2, 0.25) is 0 Å². The number of carbonyl (C=O) groups is 1. The summed E-state index contributed by atoms with van der Waals surface area (Å²) >= 11 is 3.43. The fourth-order valence-corrected chi connectivity index (χ4v) is 2.99. The minimum atomic E-state index is -0.463. The predicted octanol–water partition coefficient (Wildman–Crippen LogP) is 4.99. The van der Waals surface area contributed by atoms with Gasteiger partial charge in [-0.25, -0.2) is 5.43 Å². The molecule has 0 aliphatic rings. The average Bonchev–Trinajstić information content (AvgIpc) is 2.80. The number of hydrazone groups is 1. The number of carbonyl (C=O) groups excluding carboxylic acids is 1. The van der Waals surface area contributed by atoms with Crippen molar-refractivity contribution in [2.45, 2.75) is 19.6 Å². The molecular weight excluding hydrogens is 458 g/mol. The molecule has 160 valence electrons. The number of anilines is 1. The molecule has 0 bridgehead atoms. The molecule has 1 atom stereocenters. The predicted molar refractivity (Wildman–Crippen MR) is 127 cm³/mol. The highest BCUT2D eigenvalue weighted by atomic mass is 79.9. The van der Waals surface area contributed by atoms with Crippen LogP contribution in [0.5, 0.6) is 11.5 Å². The first kappa shape index (κ1) is 22.4. The molecule has 0 aliphatic carbocycles. The van der Waals surface area contributed by atoms with E-state index in [4.69, 9.17) is 9.47 Å². The van der Waals surface area contributed by atoms with Crippen LogP contribution in [0.15, 0.2) is 82.4 Å². The molecule has 0 aromatic heterocycles. The van der Waals surface area contributed by atoms with E-state index in [2.05, 4.69) is 31.8 Å². The molecule has 0 spiro atoms. The summed E-state index contributed by atoms with van der Waals surface area (Å²) in [6.07, 6.45) is 1.58. The first-order valence-corrected chi connectivity index (χ1v) is 10.5. The third kappa shape index (κ3) is 6.86. The fraction of sp³-hybridized carbons (Fsp3) is 0.167. The number of amides is 1. The van der Waals surface area contributed by atoms with Gasteiger partial charge in [0.15, 0.2) is 0 Å². The Hall–Kier alpha value is -3.32. The molecular formula is C24H24BrN3O3. The number of rotatable bonds is 9.